The molecule has 3 rings (SSSR count). The molecule has 27 heavy (non-hydrogen) atoms. The highest BCUT2D eigenvalue weighted by Crippen LogP contribution is 2.21. The first-order chi connectivity index (χ1) is 12.9. The molecule has 0 aliphatic carbocycles. The van der Waals surface area contributed by atoms with E-state index < -0.39 is 10.0 Å². The Morgan fingerprint density at radius 3 is 2.56 bits per heavy atom. The van der Waals surface area contributed by atoms with E-state index in [1.165, 1.54) is 0 Å². The Bertz CT molecular complexity index is 727. The van der Waals surface area contributed by atoms with Gasteiger partial charge in [0.2, 0.25) is 15.9 Å². The van der Waals surface area contributed by atoms with Gasteiger partial charge in [-0.15, -0.1) is 0 Å². The molecule has 1 aromatic carbocycles. The predicted octanol–water partition coefficient (Wildman–Crippen LogP) is 2.05. The minimum Gasteiger partial charge on any atom is -0.353 e. The molecule has 0 saturated carbocycles. The SMILES string of the molecule is CC1CC(NC(=O)CCc2ccc(S(=O)(=O)N3CCCCC3)cc2)CCN1. The van der Waals surface area contributed by atoms with E-state index in [2.05, 4.69) is 17.6 Å². The van der Waals surface area contributed by atoms with Gasteiger partial charge in [0.15, 0.2) is 0 Å². The molecule has 2 heterocycles. The Morgan fingerprint density at radius 1 is 1.19 bits per heavy atom. The van der Waals surface area contributed by atoms with E-state index in [1.807, 2.05) is 12.1 Å². The summed E-state index contributed by atoms with van der Waals surface area (Å²) >= 11 is 0. The van der Waals surface area contributed by atoms with E-state index in [0.717, 1.165) is 44.2 Å². The monoisotopic (exact) mass is 393 g/mol. The number of rotatable bonds is 6. The largest absolute Gasteiger partial charge is 0.353 e. The smallest absolute Gasteiger partial charge is 0.243 e. The molecule has 1 aromatic rings. The molecule has 0 spiro atoms. The maximum Gasteiger partial charge on any atom is 0.243 e. The average molecular weight is 394 g/mol. The van der Waals surface area contributed by atoms with Crippen molar-refractivity contribution < 1.29 is 13.2 Å². The Kier molecular flexibility index (Phi) is 6.89. The minimum absolute atomic E-state index is 0.0686. The fourth-order valence-electron chi connectivity index (χ4n) is 3.90. The highest BCUT2D eigenvalue weighted by Gasteiger charge is 2.25. The van der Waals surface area contributed by atoms with Crippen LogP contribution in [-0.2, 0) is 21.2 Å². The van der Waals surface area contributed by atoms with Crippen LogP contribution >= 0.6 is 0 Å². The van der Waals surface area contributed by atoms with Crippen molar-refractivity contribution in [2.45, 2.75) is 68.8 Å². The van der Waals surface area contributed by atoms with Gasteiger partial charge in [-0.25, -0.2) is 8.42 Å². The van der Waals surface area contributed by atoms with Gasteiger partial charge in [-0.1, -0.05) is 18.6 Å². The molecule has 1 amide bonds. The summed E-state index contributed by atoms with van der Waals surface area (Å²) in [5.41, 5.74) is 0.987. The molecule has 2 N–H and O–H groups in total. The minimum atomic E-state index is -3.39. The van der Waals surface area contributed by atoms with Crippen molar-refractivity contribution in [3.63, 3.8) is 0 Å². The van der Waals surface area contributed by atoms with Gasteiger partial charge in [0.05, 0.1) is 4.90 Å². The van der Waals surface area contributed by atoms with Crippen molar-refractivity contribution in [3.8, 4) is 0 Å². The van der Waals surface area contributed by atoms with Crippen LogP contribution in [0.1, 0.15) is 51.0 Å². The number of hydrogen-bond acceptors (Lipinski definition) is 4. The Labute approximate surface area is 162 Å². The van der Waals surface area contributed by atoms with Gasteiger partial charge in [-0.05, 0) is 63.3 Å². The number of amides is 1. The third-order valence-corrected chi connectivity index (χ3v) is 7.42. The van der Waals surface area contributed by atoms with Gasteiger partial charge in [0.25, 0.3) is 0 Å². The number of nitrogens with one attached hydrogen (secondary N) is 2. The van der Waals surface area contributed by atoms with Crippen LogP contribution in [0.4, 0.5) is 0 Å². The van der Waals surface area contributed by atoms with Crippen molar-refractivity contribution in [3.05, 3.63) is 29.8 Å². The third kappa shape index (κ3) is 5.53. The lowest BCUT2D eigenvalue weighted by Gasteiger charge is -2.28. The maximum absolute atomic E-state index is 12.7. The Balaban J connectivity index is 1.50. The van der Waals surface area contributed by atoms with Gasteiger partial charge < -0.3 is 10.6 Å². The number of piperidine rings is 2. The number of nitrogens with zero attached hydrogens (tertiary/aromatic N) is 1. The van der Waals surface area contributed by atoms with Crippen molar-refractivity contribution in [2.24, 2.45) is 0 Å². The number of carbonyl (C=O) groups excluding carboxylic acids is 1. The second-order valence-electron chi connectivity index (χ2n) is 7.75. The lowest BCUT2D eigenvalue weighted by molar-refractivity contribution is -0.122. The maximum atomic E-state index is 12.7. The summed E-state index contributed by atoms with van der Waals surface area (Å²) in [6.07, 6.45) is 5.95. The van der Waals surface area contributed by atoms with Crippen LogP contribution in [0, 0.1) is 0 Å². The third-order valence-electron chi connectivity index (χ3n) is 5.51. The van der Waals surface area contributed by atoms with Gasteiger partial charge in [-0.3, -0.25) is 4.79 Å². The summed E-state index contributed by atoms with van der Waals surface area (Å²) in [5, 5.41) is 6.50. The number of hydrogen-bond donors (Lipinski definition) is 2. The molecule has 150 valence electrons. The predicted molar refractivity (Wildman–Crippen MR) is 106 cm³/mol. The quantitative estimate of drug-likeness (QED) is 0.775. The lowest BCUT2D eigenvalue weighted by atomic mass is 10.0. The van der Waals surface area contributed by atoms with Crippen molar-refractivity contribution in [1.29, 1.82) is 0 Å². The zero-order chi connectivity index (χ0) is 19.3. The number of aryl methyl sites for hydroxylation is 1. The van der Waals surface area contributed by atoms with Crippen LogP contribution in [0.25, 0.3) is 0 Å². The molecule has 6 nitrogen and oxygen atoms in total. The van der Waals surface area contributed by atoms with Gasteiger partial charge >= 0.3 is 0 Å². The molecular weight excluding hydrogens is 362 g/mol. The van der Waals surface area contributed by atoms with Crippen LogP contribution < -0.4 is 10.6 Å². The molecule has 2 fully saturated rings. The van der Waals surface area contributed by atoms with Crippen LogP contribution in [0.15, 0.2) is 29.2 Å². The highest BCUT2D eigenvalue weighted by molar-refractivity contribution is 7.89. The van der Waals surface area contributed by atoms with E-state index in [0.29, 0.717) is 36.9 Å². The van der Waals surface area contributed by atoms with Gasteiger partial charge in [0, 0.05) is 31.6 Å². The van der Waals surface area contributed by atoms with E-state index >= 15 is 0 Å². The van der Waals surface area contributed by atoms with Crippen LogP contribution in [0.3, 0.4) is 0 Å². The standard InChI is InChI=1S/C20H31N3O3S/c1-16-15-18(11-12-21-16)22-20(24)10-7-17-5-8-19(9-6-17)27(25,26)23-13-3-2-4-14-23/h5-6,8-9,16,18,21H,2-4,7,10-15H2,1H3,(H,22,24). The van der Waals surface area contributed by atoms with Gasteiger partial charge in [0.1, 0.15) is 0 Å². The first kappa shape index (κ1) is 20.3. The van der Waals surface area contributed by atoms with Crippen molar-refractivity contribution in [2.75, 3.05) is 19.6 Å². The summed E-state index contributed by atoms with van der Waals surface area (Å²) in [6, 6.07) is 7.70. The molecule has 2 saturated heterocycles. The number of sulfonamides is 1. The summed E-state index contributed by atoms with van der Waals surface area (Å²) in [4.78, 5) is 12.5. The molecule has 0 radical (unpaired) electrons. The van der Waals surface area contributed by atoms with Crippen molar-refractivity contribution >= 4 is 15.9 Å². The fraction of sp³-hybridized carbons (Fsp3) is 0.650. The topological polar surface area (TPSA) is 78.5 Å². The molecule has 0 aromatic heterocycles. The Hall–Kier alpha value is -1.44. The molecule has 2 atom stereocenters. The van der Waals surface area contributed by atoms with E-state index in [-0.39, 0.29) is 11.9 Å². The van der Waals surface area contributed by atoms with Crippen LogP contribution in [-0.4, -0.2) is 50.3 Å². The molecule has 2 aliphatic rings. The molecule has 0 bridgehead atoms. The lowest BCUT2D eigenvalue weighted by Crippen LogP contribution is -2.46. The van der Waals surface area contributed by atoms with E-state index in [4.69, 9.17) is 0 Å². The van der Waals surface area contributed by atoms with E-state index in [9.17, 15) is 13.2 Å². The van der Waals surface area contributed by atoms with E-state index in [1.54, 1.807) is 16.4 Å². The molecule has 2 aliphatic heterocycles. The van der Waals surface area contributed by atoms with Crippen LogP contribution in [0.5, 0.6) is 0 Å². The fourth-order valence-corrected chi connectivity index (χ4v) is 5.42. The summed E-state index contributed by atoms with van der Waals surface area (Å²) < 4.78 is 26.9. The highest BCUT2D eigenvalue weighted by atomic mass is 32.2. The summed E-state index contributed by atoms with van der Waals surface area (Å²) in [5.74, 6) is 0.0686. The zero-order valence-electron chi connectivity index (χ0n) is 16.1. The molecular formula is C20H31N3O3S. The number of benzene rings is 1. The first-order valence-electron chi connectivity index (χ1n) is 10.1. The van der Waals surface area contributed by atoms with Gasteiger partial charge in [-0.2, -0.15) is 4.31 Å². The first-order valence-corrected chi connectivity index (χ1v) is 11.5. The zero-order valence-corrected chi connectivity index (χ0v) is 16.9. The molecule has 2 unspecified atom stereocenters. The average Bonchev–Trinajstić information content (AvgIpc) is 2.67. The van der Waals surface area contributed by atoms with Crippen LogP contribution in [0.2, 0.25) is 0 Å². The molecule has 7 heteroatoms. The summed E-state index contributed by atoms with van der Waals surface area (Å²) in [7, 11) is -3.39. The second kappa shape index (κ2) is 9.17. The normalized spacial score (nSPS) is 24.5. The summed E-state index contributed by atoms with van der Waals surface area (Å²) in [6.45, 7) is 4.30. The van der Waals surface area contributed by atoms with Crippen molar-refractivity contribution in [1.82, 2.24) is 14.9 Å². The number of carbonyl (C=O) groups is 1. The Morgan fingerprint density at radius 2 is 1.89 bits per heavy atom. The second-order valence-corrected chi connectivity index (χ2v) is 9.69.